The quantitative estimate of drug-likeness (QED) is 0.328. The van der Waals surface area contributed by atoms with Gasteiger partial charge in [0.1, 0.15) is 23.0 Å². The summed E-state index contributed by atoms with van der Waals surface area (Å²) in [6, 6.07) is 2.65. The summed E-state index contributed by atoms with van der Waals surface area (Å²) < 4.78 is 33.8. The number of rotatable bonds is 9. The van der Waals surface area contributed by atoms with E-state index in [9.17, 15) is 28.3 Å². The van der Waals surface area contributed by atoms with Gasteiger partial charge in [0.25, 0.3) is 11.8 Å². The molecule has 1 saturated carbocycles. The molecule has 2 atom stereocenters. The highest BCUT2D eigenvalue weighted by atomic mass is 19.1. The Kier molecular flexibility index (Phi) is 9.29. The molecule has 226 valence electrons. The van der Waals surface area contributed by atoms with Crippen molar-refractivity contribution in [3.8, 4) is 5.75 Å². The van der Waals surface area contributed by atoms with Crippen LogP contribution in [0.15, 0.2) is 29.2 Å². The number of halogens is 2. The van der Waals surface area contributed by atoms with Crippen LogP contribution in [-0.2, 0) is 17.8 Å². The average Bonchev–Trinajstić information content (AvgIpc) is 2.97. The number of aromatic hydroxyl groups is 1. The van der Waals surface area contributed by atoms with Gasteiger partial charge in [0, 0.05) is 56.6 Å². The van der Waals surface area contributed by atoms with E-state index in [2.05, 4.69) is 15.5 Å². The van der Waals surface area contributed by atoms with Crippen molar-refractivity contribution >= 4 is 17.6 Å². The van der Waals surface area contributed by atoms with Crippen molar-refractivity contribution in [2.75, 3.05) is 45.9 Å². The van der Waals surface area contributed by atoms with Crippen molar-refractivity contribution in [3.63, 3.8) is 0 Å². The van der Waals surface area contributed by atoms with Gasteiger partial charge in [0.05, 0.1) is 19.8 Å². The van der Waals surface area contributed by atoms with Crippen LogP contribution in [0.3, 0.4) is 0 Å². The number of hydrogen-bond donors (Lipinski definition) is 4. The fourth-order valence-electron chi connectivity index (χ4n) is 6.04. The number of pyridine rings is 1. The number of nitrogens with one attached hydrogen (secondary N) is 3. The predicted molar refractivity (Wildman–Crippen MR) is 150 cm³/mol. The van der Waals surface area contributed by atoms with Gasteiger partial charge in [-0.05, 0) is 31.4 Å². The first-order chi connectivity index (χ1) is 20.2. The van der Waals surface area contributed by atoms with Crippen molar-refractivity contribution in [1.82, 2.24) is 25.0 Å². The normalized spacial score (nSPS) is 21.3. The van der Waals surface area contributed by atoms with Crippen molar-refractivity contribution in [2.45, 2.75) is 44.8 Å². The third-order valence-corrected chi connectivity index (χ3v) is 8.30. The second kappa shape index (κ2) is 13.1. The Balaban J connectivity index is 1.28. The van der Waals surface area contributed by atoms with E-state index in [4.69, 9.17) is 10.1 Å². The summed E-state index contributed by atoms with van der Waals surface area (Å²) in [5.74, 6) is -3.91. The molecule has 1 aromatic heterocycles. The molecular weight excluding hydrogens is 550 g/mol. The smallest absolute Gasteiger partial charge is 0.280 e. The van der Waals surface area contributed by atoms with Gasteiger partial charge in [-0.2, -0.15) is 0 Å². The second-order valence-electron chi connectivity index (χ2n) is 11.0. The molecule has 2 aliphatic heterocycles. The Bertz CT molecular complexity index is 1410. The molecule has 4 N–H and O–H groups in total. The largest absolute Gasteiger partial charge is 0.503 e. The molecular formula is C29H36F2N6O5. The first kappa shape index (κ1) is 29.8. The number of benzene rings is 1. The molecule has 0 radical (unpaired) electrons. The summed E-state index contributed by atoms with van der Waals surface area (Å²) in [6.07, 6.45) is 4.65. The van der Waals surface area contributed by atoms with E-state index in [-0.39, 0.29) is 42.1 Å². The van der Waals surface area contributed by atoms with Crippen LogP contribution in [0, 0.1) is 23.0 Å². The van der Waals surface area contributed by atoms with Gasteiger partial charge in [-0.3, -0.25) is 29.6 Å². The molecule has 1 aliphatic carbocycles. The van der Waals surface area contributed by atoms with Gasteiger partial charge in [0.15, 0.2) is 11.4 Å². The van der Waals surface area contributed by atoms with Crippen LogP contribution in [-0.4, -0.2) is 89.1 Å². The maximum Gasteiger partial charge on any atom is 0.280 e. The van der Waals surface area contributed by atoms with E-state index in [1.165, 1.54) is 15.5 Å². The van der Waals surface area contributed by atoms with Crippen LogP contribution in [0.25, 0.3) is 0 Å². The minimum absolute atomic E-state index is 0.0113. The summed E-state index contributed by atoms with van der Waals surface area (Å²) in [5, 5.41) is 25.4. The van der Waals surface area contributed by atoms with Gasteiger partial charge in [-0.1, -0.05) is 18.9 Å². The molecule has 2 aromatic rings. The summed E-state index contributed by atoms with van der Waals surface area (Å²) in [5.41, 5.74) is -1.74. The molecule has 11 nitrogen and oxygen atoms in total. The number of nitrogens with zero attached hydrogens (tertiary/aromatic N) is 3. The fraction of sp³-hybridized carbons (Fsp3) is 0.517. The van der Waals surface area contributed by atoms with Crippen molar-refractivity contribution in [3.05, 3.63) is 63.1 Å². The van der Waals surface area contributed by atoms with Gasteiger partial charge in [-0.15, -0.1) is 0 Å². The average molecular weight is 587 g/mol. The zero-order valence-corrected chi connectivity index (χ0v) is 23.3. The second-order valence-corrected chi connectivity index (χ2v) is 11.0. The molecule has 13 heteroatoms. The fourth-order valence-corrected chi connectivity index (χ4v) is 6.04. The summed E-state index contributed by atoms with van der Waals surface area (Å²) in [6.45, 7) is 5.24. The van der Waals surface area contributed by atoms with E-state index >= 15 is 0 Å². The lowest BCUT2D eigenvalue weighted by Crippen LogP contribution is -2.55. The number of morpholine rings is 1. The Labute approximate surface area is 241 Å². The predicted octanol–water partition coefficient (Wildman–Crippen LogP) is 1.68. The van der Waals surface area contributed by atoms with Crippen molar-refractivity contribution in [2.24, 2.45) is 5.92 Å². The Hall–Kier alpha value is -3.68. The number of amides is 2. The zero-order valence-electron chi connectivity index (χ0n) is 23.3. The van der Waals surface area contributed by atoms with E-state index in [1.54, 1.807) is 0 Å². The number of fused-ring (bicyclic) bond motifs is 1. The maximum absolute atomic E-state index is 14.0. The first-order valence-electron chi connectivity index (χ1n) is 14.3. The Morgan fingerprint density at radius 1 is 1.14 bits per heavy atom. The number of ether oxygens (including phenoxy) is 1. The van der Waals surface area contributed by atoms with Crippen LogP contribution in [0.5, 0.6) is 5.75 Å². The number of carbonyl (C=O) groups excluding carboxylic acids is 2. The summed E-state index contributed by atoms with van der Waals surface area (Å²) >= 11 is 0. The molecule has 2 fully saturated rings. The SMILES string of the molecule is N=C1Cn2cc(C(=O)NCc3ccc(F)cc3F)c(=O)c(O)c2C(=O)N1[C@H]1CCCC[C@H]1CNCCN1CCOCC1. The minimum atomic E-state index is -1.04. The third kappa shape index (κ3) is 6.37. The molecule has 1 saturated heterocycles. The summed E-state index contributed by atoms with van der Waals surface area (Å²) in [4.78, 5) is 43.2. The van der Waals surface area contributed by atoms with Crippen LogP contribution in [0.2, 0.25) is 0 Å². The minimum Gasteiger partial charge on any atom is -0.503 e. The molecule has 5 rings (SSSR count). The number of aromatic nitrogens is 1. The van der Waals surface area contributed by atoms with Crippen LogP contribution >= 0.6 is 0 Å². The molecule has 0 bridgehead atoms. The number of hydrogen-bond acceptors (Lipinski definition) is 8. The van der Waals surface area contributed by atoms with Crippen molar-refractivity contribution < 1.29 is 28.2 Å². The van der Waals surface area contributed by atoms with E-state index < -0.39 is 40.2 Å². The van der Waals surface area contributed by atoms with Gasteiger partial charge in [-0.25, -0.2) is 8.78 Å². The number of carbonyl (C=O) groups is 2. The monoisotopic (exact) mass is 586 g/mol. The lowest BCUT2D eigenvalue weighted by Gasteiger charge is -2.42. The molecule has 0 unspecified atom stereocenters. The third-order valence-electron chi connectivity index (χ3n) is 8.30. The molecule has 3 aliphatic rings. The van der Waals surface area contributed by atoms with Crippen LogP contribution < -0.4 is 16.1 Å². The van der Waals surface area contributed by atoms with E-state index in [1.807, 2.05) is 0 Å². The lowest BCUT2D eigenvalue weighted by atomic mass is 9.82. The molecule has 2 amide bonds. The maximum atomic E-state index is 14.0. The standard InChI is InChI=1S/C29H36F2N6O5/c30-20-6-5-18(22(31)13-20)15-34-28(40)21-16-36-17-24(32)37(29(41)25(36)27(39)26(21)38)23-4-2-1-3-19(23)14-33-7-8-35-9-11-42-12-10-35/h5-6,13,16,19,23,32-33,39H,1-4,7-12,14-15,17H2,(H,34,40)/t19-,23-/m0/s1. The highest BCUT2D eigenvalue weighted by Gasteiger charge is 2.41. The highest BCUT2D eigenvalue weighted by molar-refractivity contribution is 6.09. The topological polar surface area (TPSA) is 140 Å². The molecule has 42 heavy (non-hydrogen) atoms. The zero-order chi connectivity index (χ0) is 29.8. The van der Waals surface area contributed by atoms with Crippen LogP contribution in [0.4, 0.5) is 8.78 Å². The Morgan fingerprint density at radius 3 is 2.67 bits per heavy atom. The summed E-state index contributed by atoms with van der Waals surface area (Å²) in [7, 11) is 0. The molecule has 1 aromatic carbocycles. The lowest BCUT2D eigenvalue weighted by molar-refractivity contribution is 0.0381. The molecule has 3 heterocycles. The Morgan fingerprint density at radius 2 is 1.90 bits per heavy atom. The van der Waals surface area contributed by atoms with Gasteiger partial charge >= 0.3 is 0 Å². The highest BCUT2D eigenvalue weighted by Crippen LogP contribution is 2.32. The first-order valence-corrected chi connectivity index (χ1v) is 14.3. The van der Waals surface area contributed by atoms with Crippen LogP contribution in [0.1, 0.15) is 52.1 Å². The van der Waals surface area contributed by atoms with E-state index in [0.717, 1.165) is 70.9 Å². The molecule has 0 spiro atoms. The van der Waals surface area contributed by atoms with E-state index in [0.29, 0.717) is 19.0 Å². The number of amidine groups is 1. The van der Waals surface area contributed by atoms with Gasteiger partial charge < -0.3 is 25.0 Å². The van der Waals surface area contributed by atoms with Crippen molar-refractivity contribution in [1.29, 1.82) is 5.41 Å². The van der Waals surface area contributed by atoms with Gasteiger partial charge in [0.2, 0.25) is 5.43 Å².